The molecule has 27 heavy (non-hydrogen) atoms. The highest BCUT2D eigenvalue weighted by atomic mass is 32.2. The molecule has 0 aromatic carbocycles. The summed E-state index contributed by atoms with van der Waals surface area (Å²) in [7, 11) is 0. The van der Waals surface area contributed by atoms with E-state index in [0.29, 0.717) is 5.25 Å². The van der Waals surface area contributed by atoms with Crippen LogP contribution in [0.2, 0.25) is 0 Å². The maximum Gasteiger partial charge on any atom is 0.353 e. The highest BCUT2D eigenvalue weighted by Crippen LogP contribution is 2.51. The molecule has 0 radical (unpaired) electrons. The van der Waals surface area contributed by atoms with Gasteiger partial charge in [0.05, 0.1) is 18.1 Å². The summed E-state index contributed by atoms with van der Waals surface area (Å²) < 4.78 is 0. The summed E-state index contributed by atoms with van der Waals surface area (Å²) in [6.07, 6.45) is 5.74. The average molecular weight is 395 g/mol. The maximum absolute atomic E-state index is 12.4. The van der Waals surface area contributed by atoms with Gasteiger partial charge in [0.1, 0.15) is 5.70 Å². The van der Waals surface area contributed by atoms with Gasteiger partial charge >= 0.3 is 5.97 Å². The maximum atomic E-state index is 12.4. The number of aliphatic carboxylic acids is 1. The second kappa shape index (κ2) is 7.41. The minimum Gasteiger partial charge on any atom is -0.477 e. The molecule has 2 N–H and O–H groups in total. The van der Waals surface area contributed by atoms with Crippen molar-refractivity contribution in [3.05, 3.63) is 10.6 Å². The van der Waals surface area contributed by atoms with Crippen LogP contribution in [-0.4, -0.2) is 68.9 Å². The number of rotatable bonds is 6. The molecular formula is C20H30N2O4S. The fourth-order valence-corrected chi connectivity index (χ4v) is 6.99. The van der Waals surface area contributed by atoms with E-state index in [0.717, 1.165) is 30.3 Å². The first-order valence-electron chi connectivity index (χ1n) is 10.3. The molecule has 0 unspecified atom stereocenters. The van der Waals surface area contributed by atoms with E-state index in [1.165, 1.54) is 37.1 Å². The number of aliphatic hydroxyl groups is 1. The summed E-state index contributed by atoms with van der Waals surface area (Å²) >= 11 is 1.67. The van der Waals surface area contributed by atoms with E-state index in [2.05, 4.69) is 4.90 Å². The number of amides is 1. The zero-order valence-electron chi connectivity index (χ0n) is 16.1. The van der Waals surface area contributed by atoms with Gasteiger partial charge in [0.25, 0.3) is 0 Å². The molecule has 1 saturated carbocycles. The number of thioether (sulfide) groups is 1. The van der Waals surface area contributed by atoms with Gasteiger partial charge in [-0.15, -0.1) is 11.8 Å². The molecule has 0 spiro atoms. The molecule has 0 bridgehead atoms. The third-order valence-electron chi connectivity index (χ3n) is 6.83. The molecule has 2 saturated heterocycles. The lowest BCUT2D eigenvalue weighted by Gasteiger charge is -2.46. The van der Waals surface area contributed by atoms with Crippen molar-refractivity contribution in [1.82, 2.24) is 9.80 Å². The van der Waals surface area contributed by atoms with Crippen LogP contribution in [0, 0.1) is 17.8 Å². The van der Waals surface area contributed by atoms with Gasteiger partial charge in [0.2, 0.25) is 5.91 Å². The van der Waals surface area contributed by atoms with Gasteiger partial charge in [-0.1, -0.05) is 19.8 Å². The minimum atomic E-state index is -1.02. The minimum absolute atomic E-state index is 0.0257. The van der Waals surface area contributed by atoms with Crippen molar-refractivity contribution in [2.75, 3.05) is 19.6 Å². The van der Waals surface area contributed by atoms with E-state index in [9.17, 15) is 19.8 Å². The normalized spacial score (nSPS) is 35.7. The number of likely N-dealkylation sites (tertiary alicyclic amines) is 1. The Kier molecular flexibility index (Phi) is 5.29. The standard InChI is InChI=1S/C20H30N2O4S/c1-11-16-15(12(2)23)19(24)22(16)17(20(25)26)18(11)27-14-7-8-21(10-14)9-13-5-3-4-6-13/h11-16,23H,3-10H2,1-2H3,(H,25,26)/t11-,12-,14-,15-,16-/m1/s1. The number of carbonyl (C=O) groups excluding carboxylic acids is 1. The predicted molar refractivity (Wildman–Crippen MR) is 104 cm³/mol. The van der Waals surface area contributed by atoms with Crippen LogP contribution in [0.25, 0.3) is 0 Å². The Morgan fingerprint density at radius 1 is 1.30 bits per heavy atom. The Balaban J connectivity index is 1.45. The zero-order chi connectivity index (χ0) is 19.3. The van der Waals surface area contributed by atoms with Gasteiger partial charge in [0, 0.05) is 29.2 Å². The van der Waals surface area contributed by atoms with Crippen LogP contribution in [0.3, 0.4) is 0 Å². The second-order valence-corrected chi connectivity index (χ2v) is 10.1. The molecule has 7 heteroatoms. The number of carboxylic acid groups (broad SMARTS) is 1. The number of β-lactam (4-membered cyclic amide) rings is 1. The van der Waals surface area contributed by atoms with Crippen LogP contribution in [0.1, 0.15) is 46.0 Å². The van der Waals surface area contributed by atoms with Gasteiger partial charge in [-0.05, 0) is 38.6 Å². The van der Waals surface area contributed by atoms with Crippen molar-refractivity contribution in [3.8, 4) is 0 Å². The van der Waals surface area contributed by atoms with Crippen molar-refractivity contribution in [2.45, 2.75) is 63.3 Å². The first-order chi connectivity index (χ1) is 12.9. The van der Waals surface area contributed by atoms with Crippen LogP contribution >= 0.6 is 11.8 Å². The largest absolute Gasteiger partial charge is 0.477 e. The third-order valence-corrected chi connectivity index (χ3v) is 8.36. The second-order valence-electron chi connectivity index (χ2n) is 8.71. The highest BCUT2D eigenvalue weighted by Gasteiger charge is 2.60. The van der Waals surface area contributed by atoms with Crippen molar-refractivity contribution in [3.63, 3.8) is 0 Å². The van der Waals surface area contributed by atoms with Crippen LogP contribution in [0.5, 0.6) is 0 Å². The van der Waals surface area contributed by atoms with Crippen molar-refractivity contribution in [2.24, 2.45) is 17.8 Å². The topological polar surface area (TPSA) is 81.1 Å². The number of carbonyl (C=O) groups is 2. The molecule has 0 aromatic heterocycles. The Labute approximate surface area is 165 Å². The number of nitrogens with zero attached hydrogens (tertiary/aromatic N) is 2. The first-order valence-corrected chi connectivity index (χ1v) is 11.1. The van der Waals surface area contributed by atoms with Crippen molar-refractivity contribution in [1.29, 1.82) is 0 Å². The average Bonchev–Trinajstić information content (AvgIpc) is 3.30. The van der Waals surface area contributed by atoms with E-state index < -0.39 is 18.0 Å². The number of fused-ring (bicyclic) bond motifs is 1. The Morgan fingerprint density at radius 2 is 2.00 bits per heavy atom. The summed E-state index contributed by atoms with van der Waals surface area (Å²) in [6, 6.07) is -0.206. The molecule has 3 fully saturated rings. The van der Waals surface area contributed by atoms with E-state index in [1.54, 1.807) is 18.7 Å². The van der Waals surface area contributed by atoms with Crippen LogP contribution in [0.15, 0.2) is 10.6 Å². The van der Waals surface area contributed by atoms with Crippen molar-refractivity contribution < 1.29 is 19.8 Å². The van der Waals surface area contributed by atoms with Crippen molar-refractivity contribution >= 4 is 23.6 Å². The molecule has 0 aromatic rings. The lowest BCUT2D eigenvalue weighted by atomic mass is 9.79. The SMILES string of the molecule is C[C@@H](O)[C@H]1C(=O)N2C(C(=O)O)=C(S[C@@H]3CCN(CC4CCCC4)C3)[C@H](C)[C@H]12. The molecule has 4 rings (SSSR count). The molecule has 1 amide bonds. The van der Waals surface area contributed by atoms with Gasteiger partial charge in [0.15, 0.2) is 0 Å². The Hall–Kier alpha value is -1.05. The molecule has 1 aliphatic carbocycles. The van der Waals surface area contributed by atoms with E-state index in [-0.39, 0.29) is 23.6 Å². The van der Waals surface area contributed by atoms with E-state index >= 15 is 0 Å². The molecule has 6 nitrogen and oxygen atoms in total. The fraction of sp³-hybridized carbons (Fsp3) is 0.800. The Morgan fingerprint density at radius 3 is 2.63 bits per heavy atom. The Bertz CT molecular complexity index is 658. The lowest BCUT2D eigenvalue weighted by molar-refractivity contribution is -0.163. The molecule has 4 aliphatic rings. The fourth-order valence-electron chi connectivity index (χ4n) is 5.48. The van der Waals surface area contributed by atoms with Crippen LogP contribution in [-0.2, 0) is 9.59 Å². The third kappa shape index (κ3) is 3.32. The van der Waals surface area contributed by atoms with Gasteiger partial charge in [-0.3, -0.25) is 4.79 Å². The predicted octanol–water partition coefficient (Wildman–Crippen LogP) is 2.14. The summed E-state index contributed by atoms with van der Waals surface area (Å²) in [5.74, 6) is -0.939. The summed E-state index contributed by atoms with van der Waals surface area (Å²) in [6.45, 7) is 6.89. The smallest absolute Gasteiger partial charge is 0.353 e. The highest BCUT2D eigenvalue weighted by molar-refractivity contribution is 8.03. The zero-order valence-corrected chi connectivity index (χ0v) is 17.0. The number of hydrogen-bond donors (Lipinski definition) is 2. The summed E-state index contributed by atoms with van der Waals surface area (Å²) in [5, 5.41) is 20.1. The first kappa shape index (κ1) is 19.3. The number of hydrogen-bond acceptors (Lipinski definition) is 5. The number of aliphatic hydroxyl groups excluding tert-OH is 1. The monoisotopic (exact) mass is 394 g/mol. The van der Waals surface area contributed by atoms with Gasteiger partial charge in [-0.25, -0.2) is 4.79 Å². The lowest BCUT2D eigenvalue weighted by Crippen LogP contribution is -2.63. The van der Waals surface area contributed by atoms with Crippen LogP contribution in [0.4, 0.5) is 0 Å². The van der Waals surface area contributed by atoms with Gasteiger partial charge < -0.3 is 20.0 Å². The van der Waals surface area contributed by atoms with Gasteiger partial charge in [-0.2, -0.15) is 0 Å². The molecule has 3 heterocycles. The molecule has 3 aliphatic heterocycles. The van der Waals surface area contributed by atoms with Crippen LogP contribution < -0.4 is 0 Å². The molecule has 150 valence electrons. The number of carboxylic acids is 1. The summed E-state index contributed by atoms with van der Waals surface area (Å²) in [4.78, 5) is 29.1. The quantitative estimate of drug-likeness (QED) is 0.672. The molecular weight excluding hydrogens is 364 g/mol. The summed E-state index contributed by atoms with van der Waals surface area (Å²) in [5.41, 5.74) is 0.161. The van der Waals surface area contributed by atoms with E-state index in [1.807, 2.05) is 6.92 Å². The molecule has 5 atom stereocenters. The van der Waals surface area contributed by atoms with E-state index in [4.69, 9.17) is 0 Å².